The topological polar surface area (TPSA) is 84.1 Å². The van der Waals surface area contributed by atoms with Crippen molar-refractivity contribution >= 4 is 5.97 Å². The van der Waals surface area contributed by atoms with E-state index in [1.807, 2.05) is 4.90 Å². The summed E-state index contributed by atoms with van der Waals surface area (Å²) in [7, 11) is 0. The van der Waals surface area contributed by atoms with Crippen LogP contribution >= 0.6 is 0 Å². The Hall–Kier alpha value is -1.50. The molecule has 0 spiro atoms. The number of likely N-dealkylation sites (tertiary alicyclic amines) is 1. The number of carboxylic acid groups (broad SMARTS) is 1. The highest BCUT2D eigenvalue weighted by Gasteiger charge is 2.33. The van der Waals surface area contributed by atoms with E-state index in [1.54, 1.807) is 4.68 Å². The molecule has 1 aromatic rings. The molecule has 16 heavy (non-hydrogen) atoms. The highest BCUT2D eigenvalue weighted by atomic mass is 16.4. The second-order valence-electron chi connectivity index (χ2n) is 4.05. The van der Waals surface area contributed by atoms with Crippen LogP contribution in [0.15, 0.2) is 0 Å². The number of carbonyl (C=O) groups is 1. The van der Waals surface area contributed by atoms with E-state index in [4.69, 9.17) is 5.11 Å². The Bertz CT molecular complexity index is 372. The summed E-state index contributed by atoms with van der Waals surface area (Å²) in [6.45, 7) is 4.69. The number of aliphatic carboxylic acids is 1. The molecule has 0 unspecified atom stereocenters. The van der Waals surface area contributed by atoms with Crippen molar-refractivity contribution in [1.82, 2.24) is 25.1 Å². The van der Waals surface area contributed by atoms with Crippen molar-refractivity contribution in [2.45, 2.75) is 26.4 Å². The molecule has 0 aromatic carbocycles. The fraction of sp³-hybridized carbons (Fsp3) is 0.778. The summed E-state index contributed by atoms with van der Waals surface area (Å²) in [5, 5.41) is 20.2. The maximum absolute atomic E-state index is 10.6. The Morgan fingerprint density at radius 1 is 1.56 bits per heavy atom. The minimum atomic E-state index is -0.718. The number of nitrogens with zero attached hydrogens (tertiary/aromatic N) is 5. The molecule has 1 aliphatic rings. The summed E-state index contributed by atoms with van der Waals surface area (Å²) in [5.74, 6) is -0.134. The van der Waals surface area contributed by atoms with E-state index >= 15 is 0 Å². The van der Waals surface area contributed by atoms with Crippen molar-refractivity contribution in [3.8, 4) is 0 Å². The fourth-order valence-electron chi connectivity index (χ4n) is 1.78. The fourth-order valence-corrected chi connectivity index (χ4v) is 1.78. The zero-order valence-electron chi connectivity index (χ0n) is 9.20. The molecule has 0 atom stereocenters. The highest BCUT2D eigenvalue weighted by molar-refractivity contribution is 5.71. The number of carboxylic acids is 1. The maximum Gasteiger partial charge on any atom is 0.309 e. The molecule has 7 heteroatoms. The molecule has 0 amide bonds. The molecule has 7 nitrogen and oxygen atoms in total. The van der Waals surface area contributed by atoms with Gasteiger partial charge in [-0.1, -0.05) is 6.92 Å². The second kappa shape index (κ2) is 4.56. The van der Waals surface area contributed by atoms with Gasteiger partial charge in [0, 0.05) is 19.6 Å². The molecule has 1 aliphatic heterocycles. The van der Waals surface area contributed by atoms with E-state index < -0.39 is 5.97 Å². The largest absolute Gasteiger partial charge is 0.481 e. The third-order valence-corrected chi connectivity index (χ3v) is 2.71. The van der Waals surface area contributed by atoms with Gasteiger partial charge in [0.25, 0.3) is 0 Å². The van der Waals surface area contributed by atoms with Crippen molar-refractivity contribution in [3.63, 3.8) is 0 Å². The molecule has 2 rings (SSSR count). The molecule has 1 aromatic heterocycles. The first-order valence-electron chi connectivity index (χ1n) is 5.41. The summed E-state index contributed by atoms with van der Waals surface area (Å²) >= 11 is 0. The van der Waals surface area contributed by atoms with E-state index in [1.165, 1.54) is 0 Å². The van der Waals surface area contributed by atoms with Crippen LogP contribution in [0, 0.1) is 5.92 Å². The van der Waals surface area contributed by atoms with Gasteiger partial charge < -0.3 is 5.11 Å². The van der Waals surface area contributed by atoms with Gasteiger partial charge in [-0.2, -0.15) is 0 Å². The molecule has 0 radical (unpaired) electrons. The maximum atomic E-state index is 10.6. The van der Waals surface area contributed by atoms with Gasteiger partial charge in [0.15, 0.2) is 5.82 Å². The molecule has 1 saturated heterocycles. The molecule has 0 saturated carbocycles. The monoisotopic (exact) mass is 225 g/mol. The van der Waals surface area contributed by atoms with Gasteiger partial charge in [0.1, 0.15) is 0 Å². The lowest BCUT2D eigenvalue weighted by atomic mass is 10.0. The van der Waals surface area contributed by atoms with Crippen LogP contribution in [0.5, 0.6) is 0 Å². The average Bonchev–Trinajstić information content (AvgIpc) is 2.58. The Labute approximate surface area is 93.0 Å². The molecule has 1 fully saturated rings. The van der Waals surface area contributed by atoms with E-state index in [0.717, 1.165) is 18.8 Å². The quantitative estimate of drug-likeness (QED) is 0.734. The minimum absolute atomic E-state index is 0.226. The molecule has 1 N–H and O–H groups in total. The predicted octanol–water partition coefficient (Wildman–Crippen LogP) is -0.400. The van der Waals surface area contributed by atoms with Crippen molar-refractivity contribution < 1.29 is 9.90 Å². The molecular formula is C9H15N5O2. The van der Waals surface area contributed by atoms with Crippen LogP contribution in [-0.2, 0) is 17.9 Å². The normalized spacial score (nSPS) is 17.3. The lowest BCUT2D eigenvalue weighted by molar-refractivity contribution is -0.147. The molecule has 0 bridgehead atoms. The van der Waals surface area contributed by atoms with Gasteiger partial charge in [-0.25, -0.2) is 4.68 Å². The molecule has 2 heterocycles. The van der Waals surface area contributed by atoms with Crippen molar-refractivity contribution in [2.24, 2.45) is 5.92 Å². The average molecular weight is 225 g/mol. The van der Waals surface area contributed by atoms with Gasteiger partial charge in [-0.3, -0.25) is 9.69 Å². The Kier molecular flexibility index (Phi) is 3.14. The number of tetrazole rings is 1. The van der Waals surface area contributed by atoms with Crippen LogP contribution in [0.2, 0.25) is 0 Å². The number of rotatable bonds is 5. The van der Waals surface area contributed by atoms with Crippen molar-refractivity contribution in [3.05, 3.63) is 5.82 Å². The van der Waals surface area contributed by atoms with E-state index in [0.29, 0.717) is 19.6 Å². The number of aromatic nitrogens is 4. The summed E-state index contributed by atoms with van der Waals surface area (Å²) in [6, 6.07) is 0. The van der Waals surface area contributed by atoms with Crippen LogP contribution in [0.1, 0.15) is 19.2 Å². The lowest BCUT2D eigenvalue weighted by Gasteiger charge is -2.35. The zero-order valence-corrected chi connectivity index (χ0v) is 9.20. The number of hydrogen-bond donors (Lipinski definition) is 1. The highest BCUT2D eigenvalue weighted by Crippen LogP contribution is 2.17. The first-order valence-corrected chi connectivity index (χ1v) is 5.41. The van der Waals surface area contributed by atoms with Gasteiger partial charge in [-0.15, -0.1) is 5.10 Å². The number of hydrogen-bond acceptors (Lipinski definition) is 5. The van der Waals surface area contributed by atoms with E-state index in [-0.39, 0.29) is 5.92 Å². The Morgan fingerprint density at radius 2 is 2.31 bits per heavy atom. The second-order valence-corrected chi connectivity index (χ2v) is 4.05. The first kappa shape index (κ1) is 11.0. The third kappa shape index (κ3) is 2.19. The van der Waals surface area contributed by atoms with Crippen LogP contribution < -0.4 is 0 Å². The minimum Gasteiger partial charge on any atom is -0.481 e. The van der Waals surface area contributed by atoms with Gasteiger partial charge in [0.05, 0.1) is 12.5 Å². The standard InChI is InChI=1S/C9H15N5O2/c1-2-3-14-8(10-11-12-14)6-13-4-7(5-13)9(15)16/h7H,2-6H2,1H3,(H,15,16). The van der Waals surface area contributed by atoms with Crippen LogP contribution in [0.3, 0.4) is 0 Å². The first-order chi connectivity index (χ1) is 7.70. The third-order valence-electron chi connectivity index (χ3n) is 2.71. The Balaban J connectivity index is 1.86. The van der Waals surface area contributed by atoms with Crippen LogP contribution in [-0.4, -0.2) is 49.3 Å². The van der Waals surface area contributed by atoms with Crippen LogP contribution in [0.4, 0.5) is 0 Å². The predicted molar refractivity (Wildman–Crippen MR) is 54.5 cm³/mol. The summed E-state index contributed by atoms with van der Waals surface area (Å²) in [5.41, 5.74) is 0. The summed E-state index contributed by atoms with van der Waals surface area (Å²) in [4.78, 5) is 12.7. The molecule has 0 aliphatic carbocycles. The van der Waals surface area contributed by atoms with Gasteiger partial charge in [0.2, 0.25) is 0 Å². The Morgan fingerprint density at radius 3 is 2.94 bits per heavy atom. The van der Waals surface area contributed by atoms with Gasteiger partial charge >= 0.3 is 5.97 Å². The zero-order chi connectivity index (χ0) is 11.5. The summed E-state index contributed by atoms with van der Waals surface area (Å²) in [6.07, 6.45) is 0.982. The SMILES string of the molecule is CCCn1nnnc1CN1CC(C(=O)O)C1. The lowest BCUT2D eigenvalue weighted by Crippen LogP contribution is -2.49. The summed E-state index contributed by atoms with van der Waals surface area (Å²) < 4.78 is 1.77. The van der Waals surface area contributed by atoms with E-state index in [2.05, 4.69) is 22.4 Å². The van der Waals surface area contributed by atoms with Crippen LogP contribution in [0.25, 0.3) is 0 Å². The van der Waals surface area contributed by atoms with Crippen molar-refractivity contribution in [2.75, 3.05) is 13.1 Å². The van der Waals surface area contributed by atoms with Crippen molar-refractivity contribution in [1.29, 1.82) is 0 Å². The molecular weight excluding hydrogens is 210 g/mol. The van der Waals surface area contributed by atoms with Gasteiger partial charge in [-0.05, 0) is 16.8 Å². The number of aryl methyl sites for hydroxylation is 1. The van der Waals surface area contributed by atoms with E-state index in [9.17, 15) is 4.79 Å². The molecule has 88 valence electrons. The smallest absolute Gasteiger partial charge is 0.309 e.